The van der Waals surface area contributed by atoms with Crippen molar-refractivity contribution >= 4 is 28.9 Å². The molecule has 0 saturated carbocycles. The van der Waals surface area contributed by atoms with Crippen LogP contribution in [0.5, 0.6) is 5.75 Å². The van der Waals surface area contributed by atoms with E-state index in [1.165, 1.54) is 0 Å². The lowest BCUT2D eigenvalue weighted by Gasteiger charge is -2.06. The van der Waals surface area contributed by atoms with Gasteiger partial charge in [0.25, 0.3) is 0 Å². The van der Waals surface area contributed by atoms with E-state index in [1.54, 1.807) is 42.6 Å². The molecule has 0 fully saturated rings. The molecule has 1 N–H and O–H groups in total. The Balaban J connectivity index is 1.32. The summed E-state index contributed by atoms with van der Waals surface area (Å²) in [5.41, 5.74) is 5.86. The van der Waals surface area contributed by atoms with E-state index in [9.17, 15) is 9.59 Å². The van der Waals surface area contributed by atoms with E-state index in [0.717, 1.165) is 27.5 Å². The lowest BCUT2D eigenvalue weighted by molar-refractivity contribution is -0.120. The monoisotopic (exact) mass is 422 g/mol. The van der Waals surface area contributed by atoms with Gasteiger partial charge in [-0.3, -0.25) is 4.79 Å². The van der Waals surface area contributed by atoms with E-state index in [-0.39, 0.29) is 12.3 Å². The zero-order valence-corrected chi connectivity index (χ0v) is 17.6. The van der Waals surface area contributed by atoms with E-state index in [0.29, 0.717) is 11.3 Å². The number of aryl methyl sites for hydroxylation is 1. The molecule has 0 saturated heterocycles. The molecule has 0 bridgehead atoms. The second kappa shape index (κ2) is 9.71. The van der Waals surface area contributed by atoms with Crippen molar-refractivity contribution in [2.45, 2.75) is 13.3 Å². The molecule has 4 aromatic rings. The lowest BCUT2D eigenvalue weighted by atomic mass is 10.0. The fourth-order valence-corrected chi connectivity index (χ4v) is 3.32. The van der Waals surface area contributed by atoms with Gasteiger partial charge in [0.15, 0.2) is 0 Å². The molecule has 32 heavy (non-hydrogen) atoms. The number of rotatable bonds is 6. The van der Waals surface area contributed by atoms with E-state index in [2.05, 4.69) is 10.5 Å². The molecule has 0 heterocycles. The normalized spacial score (nSPS) is 10.9. The zero-order chi connectivity index (χ0) is 22.3. The van der Waals surface area contributed by atoms with Crippen molar-refractivity contribution in [3.8, 4) is 5.75 Å². The summed E-state index contributed by atoms with van der Waals surface area (Å²) in [4.78, 5) is 24.5. The molecule has 5 heteroatoms. The molecule has 0 atom stereocenters. The number of esters is 1. The fraction of sp³-hybridized carbons (Fsp3) is 0.0741. The van der Waals surface area contributed by atoms with Crippen LogP contribution in [0.25, 0.3) is 10.8 Å². The summed E-state index contributed by atoms with van der Waals surface area (Å²) in [6, 6.07) is 28.0. The van der Waals surface area contributed by atoms with E-state index >= 15 is 0 Å². The molecular weight excluding hydrogens is 400 g/mol. The minimum atomic E-state index is -0.410. The first-order valence-electron chi connectivity index (χ1n) is 10.3. The number of hydrogen-bond acceptors (Lipinski definition) is 4. The average molecular weight is 422 g/mol. The van der Waals surface area contributed by atoms with Crippen LogP contribution in [0.3, 0.4) is 0 Å². The molecule has 4 aromatic carbocycles. The van der Waals surface area contributed by atoms with Gasteiger partial charge in [0, 0.05) is 0 Å². The predicted octanol–water partition coefficient (Wildman–Crippen LogP) is 5.06. The molecule has 0 aliphatic carbocycles. The molecule has 0 aromatic heterocycles. The minimum absolute atomic E-state index is 0.193. The number of ether oxygens (including phenoxy) is 1. The largest absolute Gasteiger partial charge is 0.423 e. The van der Waals surface area contributed by atoms with Crippen LogP contribution in [-0.4, -0.2) is 18.1 Å². The highest BCUT2D eigenvalue weighted by Gasteiger charge is 2.08. The summed E-state index contributed by atoms with van der Waals surface area (Å²) in [5, 5.41) is 6.19. The van der Waals surface area contributed by atoms with Gasteiger partial charge >= 0.3 is 5.97 Å². The number of fused-ring (bicyclic) bond motifs is 1. The van der Waals surface area contributed by atoms with Crippen molar-refractivity contribution in [3.63, 3.8) is 0 Å². The second-order valence-electron chi connectivity index (χ2n) is 7.43. The molecule has 0 aliphatic rings. The van der Waals surface area contributed by atoms with Crippen molar-refractivity contribution in [1.82, 2.24) is 5.43 Å². The number of hydrogen-bond donors (Lipinski definition) is 1. The van der Waals surface area contributed by atoms with Crippen LogP contribution in [0, 0.1) is 6.92 Å². The van der Waals surface area contributed by atoms with Gasteiger partial charge < -0.3 is 4.74 Å². The standard InChI is InChI=1S/C27H22N2O3/c1-19-9-13-22(14-10-19)27(31)32-24-15-11-20(12-16-24)18-28-29-26(30)17-23-7-4-6-21-5-2-3-8-25(21)23/h2-16,18H,17H2,1H3,(H,29,30). The number of nitrogens with one attached hydrogen (secondary N) is 1. The van der Waals surface area contributed by atoms with Gasteiger partial charge in [-0.2, -0.15) is 5.10 Å². The maximum absolute atomic E-state index is 12.3. The summed E-state index contributed by atoms with van der Waals surface area (Å²) in [5.74, 6) is -0.166. The van der Waals surface area contributed by atoms with Crippen LogP contribution in [0.15, 0.2) is 96.1 Å². The topological polar surface area (TPSA) is 67.8 Å². The molecule has 4 rings (SSSR count). The Kier molecular flexibility index (Phi) is 6.37. The van der Waals surface area contributed by atoms with Crippen LogP contribution in [0.2, 0.25) is 0 Å². The van der Waals surface area contributed by atoms with Gasteiger partial charge in [0.2, 0.25) is 5.91 Å². The molecule has 158 valence electrons. The van der Waals surface area contributed by atoms with Gasteiger partial charge in [0.1, 0.15) is 5.75 Å². The smallest absolute Gasteiger partial charge is 0.343 e. The fourth-order valence-electron chi connectivity index (χ4n) is 3.32. The first-order chi connectivity index (χ1) is 15.6. The second-order valence-corrected chi connectivity index (χ2v) is 7.43. The third-order valence-electron chi connectivity index (χ3n) is 5.01. The van der Waals surface area contributed by atoms with Crippen LogP contribution in [0.4, 0.5) is 0 Å². The quantitative estimate of drug-likeness (QED) is 0.204. The van der Waals surface area contributed by atoms with Gasteiger partial charge in [0.05, 0.1) is 18.2 Å². The predicted molar refractivity (Wildman–Crippen MR) is 126 cm³/mol. The van der Waals surface area contributed by atoms with Crippen LogP contribution < -0.4 is 10.2 Å². The molecular formula is C27H22N2O3. The minimum Gasteiger partial charge on any atom is -0.423 e. The maximum Gasteiger partial charge on any atom is 0.343 e. The number of amides is 1. The van der Waals surface area contributed by atoms with Crippen molar-refractivity contribution in [2.24, 2.45) is 5.10 Å². The summed E-state index contributed by atoms with van der Waals surface area (Å²) in [6.45, 7) is 1.96. The van der Waals surface area contributed by atoms with Gasteiger partial charge in [-0.15, -0.1) is 0 Å². The Labute approximate surface area is 186 Å². The van der Waals surface area contributed by atoms with Crippen LogP contribution in [-0.2, 0) is 11.2 Å². The summed E-state index contributed by atoms with van der Waals surface area (Å²) < 4.78 is 5.39. The molecule has 0 aliphatic heterocycles. The molecule has 0 spiro atoms. The maximum atomic E-state index is 12.3. The molecule has 1 amide bonds. The SMILES string of the molecule is Cc1ccc(C(=O)Oc2ccc(C=NNC(=O)Cc3cccc4ccccc34)cc2)cc1. The third-order valence-corrected chi connectivity index (χ3v) is 5.01. The Bertz CT molecular complexity index is 1270. The van der Waals surface area contributed by atoms with E-state index in [4.69, 9.17) is 4.74 Å². The van der Waals surface area contributed by atoms with Crippen molar-refractivity contribution < 1.29 is 14.3 Å². The highest BCUT2D eigenvalue weighted by molar-refractivity contribution is 5.92. The Morgan fingerprint density at radius 3 is 2.38 bits per heavy atom. The first-order valence-corrected chi connectivity index (χ1v) is 10.3. The summed E-state index contributed by atoms with van der Waals surface area (Å²) >= 11 is 0. The van der Waals surface area contributed by atoms with Crippen LogP contribution >= 0.6 is 0 Å². The number of benzene rings is 4. The molecule has 5 nitrogen and oxygen atoms in total. The average Bonchev–Trinajstić information content (AvgIpc) is 2.81. The number of hydrazone groups is 1. The third kappa shape index (κ3) is 5.26. The van der Waals surface area contributed by atoms with Crippen LogP contribution in [0.1, 0.15) is 27.0 Å². The first kappa shape index (κ1) is 21.0. The summed E-state index contributed by atoms with van der Waals surface area (Å²) in [7, 11) is 0. The lowest BCUT2D eigenvalue weighted by Crippen LogP contribution is -2.19. The van der Waals surface area contributed by atoms with Gasteiger partial charge in [-0.1, -0.05) is 60.2 Å². The number of carbonyl (C=O) groups excluding carboxylic acids is 2. The Morgan fingerprint density at radius 2 is 1.59 bits per heavy atom. The van der Waals surface area contributed by atoms with Crippen molar-refractivity contribution in [2.75, 3.05) is 0 Å². The van der Waals surface area contributed by atoms with Crippen molar-refractivity contribution in [3.05, 3.63) is 113 Å². The van der Waals surface area contributed by atoms with Gasteiger partial charge in [-0.05, 0) is 65.2 Å². The molecule has 0 radical (unpaired) electrons. The van der Waals surface area contributed by atoms with E-state index < -0.39 is 5.97 Å². The highest BCUT2D eigenvalue weighted by atomic mass is 16.5. The number of nitrogens with zero attached hydrogens (tertiary/aromatic N) is 1. The molecule has 0 unspecified atom stereocenters. The number of carbonyl (C=O) groups is 2. The van der Waals surface area contributed by atoms with Gasteiger partial charge in [-0.25, -0.2) is 10.2 Å². The Hall–Kier alpha value is -4.25. The highest BCUT2D eigenvalue weighted by Crippen LogP contribution is 2.19. The van der Waals surface area contributed by atoms with E-state index in [1.807, 2.05) is 61.5 Å². The zero-order valence-electron chi connectivity index (χ0n) is 17.6. The van der Waals surface area contributed by atoms with Crippen molar-refractivity contribution in [1.29, 1.82) is 0 Å². The Morgan fingerprint density at radius 1 is 0.875 bits per heavy atom. The summed E-state index contributed by atoms with van der Waals surface area (Å²) in [6.07, 6.45) is 1.79.